The fourth-order valence-electron chi connectivity index (χ4n) is 1.19. The standard InChI is InChI=1S/C10H19N3O2/c1-4-5-10-11-9(12-15-10)6-13(3)8(2)7-14/h8,14H,4-7H2,1-3H3. The Bertz CT molecular complexity index is 288. The van der Waals surface area contributed by atoms with Gasteiger partial charge in [-0.05, 0) is 20.4 Å². The molecule has 0 radical (unpaired) electrons. The summed E-state index contributed by atoms with van der Waals surface area (Å²) in [5, 5.41) is 12.8. The molecule has 1 aromatic rings. The van der Waals surface area contributed by atoms with Crippen LogP contribution in [0.3, 0.4) is 0 Å². The van der Waals surface area contributed by atoms with E-state index in [1.807, 2.05) is 18.9 Å². The monoisotopic (exact) mass is 213 g/mol. The Labute approximate surface area is 90.1 Å². The van der Waals surface area contributed by atoms with Crippen LogP contribution in [0.25, 0.3) is 0 Å². The summed E-state index contributed by atoms with van der Waals surface area (Å²) >= 11 is 0. The van der Waals surface area contributed by atoms with E-state index < -0.39 is 0 Å². The molecule has 0 bridgehead atoms. The smallest absolute Gasteiger partial charge is 0.226 e. The average Bonchev–Trinajstić information content (AvgIpc) is 2.65. The molecule has 1 unspecified atom stereocenters. The van der Waals surface area contributed by atoms with Crippen molar-refractivity contribution in [2.45, 2.75) is 39.3 Å². The van der Waals surface area contributed by atoms with Crippen molar-refractivity contribution in [1.29, 1.82) is 0 Å². The van der Waals surface area contributed by atoms with Crippen LogP contribution in [0, 0.1) is 0 Å². The lowest BCUT2D eigenvalue weighted by molar-refractivity contribution is 0.150. The Morgan fingerprint density at radius 3 is 2.87 bits per heavy atom. The highest BCUT2D eigenvalue weighted by Gasteiger charge is 2.12. The molecule has 0 amide bonds. The van der Waals surface area contributed by atoms with E-state index in [9.17, 15) is 0 Å². The van der Waals surface area contributed by atoms with Crippen LogP contribution >= 0.6 is 0 Å². The lowest BCUT2D eigenvalue weighted by Gasteiger charge is -2.20. The van der Waals surface area contributed by atoms with Gasteiger partial charge < -0.3 is 9.63 Å². The number of hydrogen-bond acceptors (Lipinski definition) is 5. The largest absolute Gasteiger partial charge is 0.395 e. The first-order chi connectivity index (χ1) is 7.17. The molecular formula is C10H19N3O2. The first-order valence-electron chi connectivity index (χ1n) is 5.30. The van der Waals surface area contributed by atoms with Crippen molar-refractivity contribution >= 4 is 0 Å². The van der Waals surface area contributed by atoms with Crippen LogP contribution in [0.5, 0.6) is 0 Å². The summed E-state index contributed by atoms with van der Waals surface area (Å²) in [5.41, 5.74) is 0. The molecule has 0 spiro atoms. The van der Waals surface area contributed by atoms with Gasteiger partial charge >= 0.3 is 0 Å². The average molecular weight is 213 g/mol. The van der Waals surface area contributed by atoms with Gasteiger partial charge in [-0.15, -0.1) is 0 Å². The number of aliphatic hydroxyl groups is 1. The molecular weight excluding hydrogens is 194 g/mol. The van der Waals surface area contributed by atoms with Crippen molar-refractivity contribution in [3.8, 4) is 0 Å². The van der Waals surface area contributed by atoms with Crippen molar-refractivity contribution in [3.05, 3.63) is 11.7 Å². The fourth-order valence-corrected chi connectivity index (χ4v) is 1.19. The third-order valence-corrected chi connectivity index (χ3v) is 2.38. The third kappa shape index (κ3) is 3.60. The minimum atomic E-state index is 0.109. The van der Waals surface area contributed by atoms with E-state index in [0.717, 1.165) is 12.8 Å². The summed E-state index contributed by atoms with van der Waals surface area (Å²) in [6, 6.07) is 0.109. The minimum absolute atomic E-state index is 0.109. The molecule has 0 saturated heterocycles. The van der Waals surface area contributed by atoms with Crippen LogP contribution in [-0.4, -0.2) is 39.8 Å². The molecule has 1 heterocycles. The zero-order valence-electron chi connectivity index (χ0n) is 9.60. The number of rotatable bonds is 6. The summed E-state index contributed by atoms with van der Waals surface area (Å²) in [6.07, 6.45) is 1.83. The predicted octanol–water partition coefficient (Wildman–Crippen LogP) is 0.835. The topological polar surface area (TPSA) is 62.4 Å². The maximum absolute atomic E-state index is 8.97. The van der Waals surface area contributed by atoms with E-state index in [1.54, 1.807) is 0 Å². The third-order valence-electron chi connectivity index (χ3n) is 2.38. The predicted molar refractivity (Wildman–Crippen MR) is 56.3 cm³/mol. The number of aryl methyl sites for hydroxylation is 1. The summed E-state index contributed by atoms with van der Waals surface area (Å²) < 4.78 is 5.07. The van der Waals surface area contributed by atoms with Gasteiger partial charge in [-0.3, -0.25) is 4.90 Å². The van der Waals surface area contributed by atoms with E-state index >= 15 is 0 Å². The maximum Gasteiger partial charge on any atom is 0.226 e. The summed E-state index contributed by atoms with van der Waals surface area (Å²) in [4.78, 5) is 6.24. The quantitative estimate of drug-likeness (QED) is 0.758. The van der Waals surface area contributed by atoms with Gasteiger partial charge in [0.2, 0.25) is 5.89 Å². The fraction of sp³-hybridized carbons (Fsp3) is 0.800. The molecule has 0 aliphatic heterocycles. The van der Waals surface area contributed by atoms with Crippen LogP contribution in [0.15, 0.2) is 4.52 Å². The van der Waals surface area contributed by atoms with Gasteiger partial charge in [0.1, 0.15) is 0 Å². The van der Waals surface area contributed by atoms with Crippen LogP contribution < -0.4 is 0 Å². The molecule has 5 heteroatoms. The highest BCUT2D eigenvalue weighted by Crippen LogP contribution is 2.04. The number of nitrogens with zero attached hydrogens (tertiary/aromatic N) is 3. The summed E-state index contributed by atoms with van der Waals surface area (Å²) in [6.45, 7) is 4.77. The minimum Gasteiger partial charge on any atom is -0.395 e. The van der Waals surface area contributed by atoms with Gasteiger partial charge in [0.05, 0.1) is 13.2 Å². The number of likely N-dealkylation sites (N-methyl/N-ethyl adjacent to an activating group) is 1. The number of aromatic nitrogens is 2. The van der Waals surface area contributed by atoms with Gasteiger partial charge in [0.15, 0.2) is 5.82 Å². The van der Waals surface area contributed by atoms with E-state index in [4.69, 9.17) is 9.63 Å². The molecule has 5 nitrogen and oxygen atoms in total. The van der Waals surface area contributed by atoms with Gasteiger partial charge in [-0.25, -0.2) is 0 Å². The Kier molecular flexibility index (Phi) is 4.71. The maximum atomic E-state index is 8.97. The molecule has 15 heavy (non-hydrogen) atoms. The first kappa shape index (κ1) is 12.1. The zero-order chi connectivity index (χ0) is 11.3. The van der Waals surface area contributed by atoms with Crippen molar-refractivity contribution in [1.82, 2.24) is 15.0 Å². The lowest BCUT2D eigenvalue weighted by atomic mass is 10.3. The van der Waals surface area contributed by atoms with Crippen LogP contribution in [0.4, 0.5) is 0 Å². The van der Waals surface area contributed by atoms with Crippen molar-refractivity contribution < 1.29 is 9.63 Å². The highest BCUT2D eigenvalue weighted by atomic mass is 16.5. The van der Waals surface area contributed by atoms with Gasteiger partial charge in [-0.2, -0.15) is 4.98 Å². The molecule has 86 valence electrons. The molecule has 1 atom stereocenters. The van der Waals surface area contributed by atoms with Gasteiger partial charge in [0, 0.05) is 12.5 Å². The van der Waals surface area contributed by atoms with Crippen LogP contribution in [0.2, 0.25) is 0 Å². The Balaban J connectivity index is 2.49. The molecule has 1 rings (SSSR count). The Morgan fingerprint density at radius 1 is 1.53 bits per heavy atom. The van der Waals surface area contributed by atoms with E-state index in [1.165, 1.54) is 0 Å². The second kappa shape index (κ2) is 5.82. The molecule has 0 aliphatic rings. The SMILES string of the molecule is CCCc1nc(CN(C)C(C)CO)no1. The molecule has 0 aromatic carbocycles. The Hall–Kier alpha value is -0.940. The van der Waals surface area contributed by atoms with Crippen molar-refractivity contribution in [2.24, 2.45) is 0 Å². The van der Waals surface area contributed by atoms with Crippen molar-refractivity contribution in [3.63, 3.8) is 0 Å². The highest BCUT2D eigenvalue weighted by molar-refractivity contribution is 4.86. The van der Waals surface area contributed by atoms with E-state index in [0.29, 0.717) is 18.3 Å². The second-order valence-corrected chi connectivity index (χ2v) is 3.80. The molecule has 1 N–H and O–H groups in total. The lowest BCUT2D eigenvalue weighted by Crippen LogP contribution is -2.31. The van der Waals surface area contributed by atoms with Gasteiger partial charge in [0.25, 0.3) is 0 Å². The van der Waals surface area contributed by atoms with Gasteiger partial charge in [-0.1, -0.05) is 12.1 Å². The Morgan fingerprint density at radius 2 is 2.27 bits per heavy atom. The second-order valence-electron chi connectivity index (χ2n) is 3.80. The number of hydrogen-bond donors (Lipinski definition) is 1. The molecule has 1 aromatic heterocycles. The number of aliphatic hydroxyl groups excluding tert-OH is 1. The first-order valence-corrected chi connectivity index (χ1v) is 5.30. The van der Waals surface area contributed by atoms with Crippen LogP contribution in [-0.2, 0) is 13.0 Å². The normalized spacial score (nSPS) is 13.4. The molecule has 0 fully saturated rings. The summed E-state index contributed by atoms with van der Waals surface area (Å²) in [5.74, 6) is 1.37. The van der Waals surface area contributed by atoms with Crippen molar-refractivity contribution in [2.75, 3.05) is 13.7 Å². The zero-order valence-corrected chi connectivity index (χ0v) is 9.60. The molecule has 0 aliphatic carbocycles. The summed E-state index contributed by atoms with van der Waals surface area (Å²) in [7, 11) is 1.93. The van der Waals surface area contributed by atoms with E-state index in [-0.39, 0.29) is 12.6 Å². The van der Waals surface area contributed by atoms with E-state index in [2.05, 4.69) is 17.1 Å². The molecule has 0 saturated carbocycles. The van der Waals surface area contributed by atoms with Crippen LogP contribution in [0.1, 0.15) is 32.0 Å².